The molecule has 1 unspecified atom stereocenters. The van der Waals surface area contributed by atoms with Gasteiger partial charge in [-0.2, -0.15) is 0 Å². The first kappa shape index (κ1) is 11.9. The van der Waals surface area contributed by atoms with Crippen molar-refractivity contribution in [1.29, 1.82) is 0 Å². The van der Waals surface area contributed by atoms with Gasteiger partial charge in [-0.3, -0.25) is 0 Å². The standard InChI is InChI=1S/C14H18N2O/c1-3-11(9-17)14-15-10(2)13(16-14)12-7-5-4-6-8-12/h4-8,11,17H,3,9H2,1-2H3,(H,15,16). The first-order chi connectivity index (χ1) is 8.26. The number of H-pyrrole nitrogens is 1. The molecule has 2 rings (SSSR count). The fourth-order valence-corrected chi connectivity index (χ4v) is 1.96. The highest BCUT2D eigenvalue weighted by molar-refractivity contribution is 5.61. The fourth-order valence-electron chi connectivity index (χ4n) is 1.96. The van der Waals surface area contributed by atoms with Crippen LogP contribution in [0.1, 0.15) is 30.8 Å². The number of rotatable bonds is 4. The van der Waals surface area contributed by atoms with Crippen LogP contribution in [0.25, 0.3) is 11.3 Å². The maximum absolute atomic E-state index is 9.29. The van der Waals surface area contributed by atoms with E-state index in [0.29, 0.717) is 0 Å². The van der Waals surface area contributed by atoms with Crippen LogP contribution in [-0.4, -0.2) is 21.7 Å². The summed E-state index contributed by atoms with van der Waals surface area (Å²) in [5, 5.41) is 9.29. The van der Waals surface area contributed by atoms with E-state index >= 15 is 0 Å². The SMILES string of the molecule is CCC(CO)c1nc(-c2ccccc2)c(C)[nH]1. The lowest BCUT2D eigenvalue weighted by atomic mass is 10.1. The molecule has 0 aliphatic carbocycles. The van der Waals surface area contributed by atoms with E-state index in [9.17, 15) is 5.11 Å². The highest BCUT2D eigenvalue weighted by Crippen LogP contribution is 2.24. The number of nitrogens with zero attached hydrogens (tertiary/aromatic N) is 1. The largest absolute Gasteiger partial charge is 0.396 e. The van der Waals surface area contributed by atoms with E-state index in [2.05, 4.69) is 16.9 Å². The zero-order chi connectivity index (χ0) is 12.3. The molecule has 0 saturated heterocycles. The van der Waals surface area contributed by atoms with Crippen molar-refractivity contribution in [1.82, 2.24) is 9.97 Å². The summed E-state index contributed by atoms with van der Waals surface area (Å²) < 4.78 is 0. The molecule has 2 aromatic rings. The Kier molecular flexibility index (Phi) is 3.59. The topological polar surface area (TPSA) is 48.9 Å². The van der Waals surface area contributed by atoms with Gasteiger partial charge < -0.3 is 10.1 Å². The lowest BCUT2D eigenvalue weighted by Gasteiger charge is -2.06. The maximum atomic E-state index is 9.29. The zero-order valence-corrected chi connectivity index (χ0v) is 10.3. The third-order valence-electron chi connectivity index (χ3n) is 3.05. The lowest BCUT2D eigenvalue weighted by Crippen LogP contribution is -2.04. The van der Waals surface area contributed by atoms with Crippen LogP contribution in [0.2, 0.25) is 0 Å². The van der Waals surface area contributed by atoms with Crippen molar-refractivity contribution in [3.05, 3.63) is 41.9 Å². The molecule has 0 saturated carbocycles. The summed E-state index contributed by atoms with van der Waals surface area (Å²) >= 11 is 0. The summed E-state index contributed by atoms with van der Waals surface area (Å²) in [6, 6.07) is 10.1. The average Bonchev–Trinajstić information content (AvgIpc) is 2.74. The summed E-state index contributed by atoms with van der Waals surface area (Å²) in [4.78, 5) is 7.88. The van der Waals surface area contributed by atoms with Gasteiger partial charge in [-0.1, -0.05) is 37.3 Å². The molecule has 0 radical (unpaired) electrons. The third-order valence-corrected chi connectivity index (χ3v) is 3.05. The number of benzene rings is 1. The van der Waals surface area contributed by atoms with Crippen molar-refractivity contribution in [2.45, 2.75) is 26.2 Å². The second-order valence-electron chi connectivity index (χ2n) is 4.25. The normalized spacial score (nSPS) is 12.6. The van der Waals surface area contributed by atoms with Crippen LogP contribution in [-0.2, 0) is 0 Å². The van der Waals surface area contributed by atoms with Gasteiger partial charge in [-0.25, -0.2) is 4.98 Å². The van der Waals surface area contributed by atoms with Crippen molar-refractivity contribution in [2.24, 2.45) is 0 Å². The number of aromatic nitrogens is 2. The molecule has 1 atom stereocenters. The van der Waals surface area contributed by atoms with Gasteiger partial charge in [0.2, 0.25) is 0 Å². The molecule has 3 heteroatoms. The van der Waals surface area contributed by atoms with E-state index in [-0.39, 0.29) is 12.5 Å². The first-order valence-electron chi connectivity index (χ1n) is 5.99. The molecule has 0 amide bonds. The van der Waals surface area contributed by atoms with E-state index in [1.165, 1.54) is 0 Å². The number of nitrogens with one attached hydrogen (secondary N) is 1. The van der Waals surface area contributed by atoms with Crippen LogP contribution in [0.15, 0.2) is 30.3 Å². The minimum Gasteiger partial charge on any atom is -0.396 e. The number of aromatic amines is 1. The average molecular weight is 230 g/mol. The quantitative estimate of drug-likeness (QED) is 0.848. The number of aryl methyl sites for hydroxylation is 1. The van der Waals surface area contributed by atoms with Gasteiger partial charge in [0.25, 0.3) is 0 Å². The van der Waals surface area contributed by atoms with Crippen LogP contribution in [0.5, 0.6) is 0 Å². The van der Waals surface area contributed by atoms with Gasteiger partial charge in [0.15, 0.2) is 0 Å². The Morgan fingerprint density at radius 1 is 1.29 bits per heavy atom. The highest BCUT2D eigenvalue weighted by atomic mass is 16.3. The van der Waals surface area contributed by atoms with Crippen LogP contribution < -0.4 is 0 Å². The number of hydrogen-bond acceptors (Lipinski definition) is 2. The molecule has 0 aliphatic rings. The number of imidazole rings is 1. The fraction of sp³-hybridized carbons (Fsp3) is 0.357. The molecule has 2 N–H and O–H groups in total. The number of hydrogen-bond donors (Lipinski definition) is 2. The first-order valence-corrected chi connectivity index (χ1v) is 5.99. The van der Waals surface area contributed by atoms with Crippen molar-refractivity contribution in [3.63, 3.8) is 0 Å². The van der Waals surface area contributed by atoms with Crippen molar-refractivity contribution in [2.75, 3.05) is 6.61 Å². The van der Waals surface area contributed by atoms with Crippen molar-refractivity contribution < 1.29 is 5.11 Å². The molecule has 90 valence electrons. The maximum Gasteiger partial charge on any atom is 0.112 e. The molecule has 1 aromatic carbocycles. The second kappa shape index (κ2) is 5.15. The third kappa shape index (κ3) is 2.39. The minimum absolute atomic E-state index is 0.103. The minimum atomic E-state index is 0.103. The van der Waals surface area contributed by atoms with Crippen molar-refractivity contribution >= 4 is 0 Å². The molecular weight excluding hydrogens is 212 g/mol. The van der Waals surface area contributed by atoms with Gasteiger partial charge in [0, 0.05) is 17.2 Å². The number of aliphatic hydroxyl groups excluding tert-OH is 1. The summed E-state index contributed by atoms with van der Waals surface area (Å²) in [6.07, 6.45) is 0.887. The smallest absolute Gasteiger partial charge is 0.112 e. The van der Waals surface area contributed by atoms with Crippen LogP contribution in [0.4, 0.5) is 0 Å². The predicted molar refractivity (Wildman–Crippen MR) is 68.9 cm³/mol. The molecule has 1 aromatic heterocycles. The summed E-state index contributed by atoms with van der Waals surface area (Å²) in [7, 11) is 0. The Hall–Kier alpha value is -1.61. The Morgan fingerprint density at radius 2 is 2.00 bits per heavy atom. The van der Waals surface area contributed by atoms with Crippen LogP contribution in [0.3, 0.4) is 0 Å². The molecule has 0 fully saturated rings. The Balaban J connectivity index is 2.37. The molecule has 0 bridgehead atoms. The number of aliphatic hydroxyl groups is 1. The molecule has 17 heavy (non-hydrogen) atoms. The van der Waals surface area contributed by atoms with Crippen LogP contribution in [0, 0.1) is 6.92 Å². The second-order valence-corrected chi connectivity index (χ2v) is 4.25. The Morgan fingerprint density at radius 3 is 2.59 bits per heavy atom. The van der Waals surface area contributed by atoms with E-state index in [0.717, 1.165) is 29.2 Å². The monoisotopic (exact) mass is 230 g/mol. The summed E-state index contributed by atoms with van der Waals surface area (Å²) in [5.41, 5.74) is 3.14. The molecule has 3 nitrogen and oxygen atoms in total. The lowest BCUT2D eigenvalue weighted by molar-refractivity contribution is 0.258. The molecule has 0 spiro atoms. The van der Waals surface area contributed by atoms with E-state index in [4.69, 9.17) is 0 Å². The predicted octanol–water partition coefficient (Wildman–Crippen LogP) is 2.87. The van der Waals surface area contributed by atoms with Gasteiger partial charge in [-0.05, 0) is 13.3 Å². The van der Waals surface area contributed by atoms with E-state index < -0.39 is 0 Å². The van der Waals surface area contributed by atoms with Gasteiger partial charge in [0.05, 0.1) is 12.3 Å². The van der Waals surface area contributed by atoms with Crippen molar-refractivity contribution in [3.8, 4) is 11.3 Å². The molecule has 1 heterocycles. The zero-order valence-electron chi connectivity index (χ0n) is 10.3. The Bertz CT molecular complexity index is 472. The van der Waals surface area contributed by atoms with Gasteiger partial charge in [-0.15, -0.1) is 0 Å². The van der Waals surface area contributed by atoms with Gasteiger partial charge >= 0.3 is 0 Å². The highest BCUT2D eigenvalue weighted by Gasteiger charge is 2.15. The van der Waals surface area contributed by atoms with E-state index in [1.807, 2.05) is 37.3 Å². The summed E-state index contributed by atoms with van der Waals surface area (Å²) in [5.74, 6) is 0.984. The Labute approximate surface area is 102 Å². The van der Waals surface area contributed by atoms with Crippen LogP contribution >= 0.6 is 0 Å². The van der Waals surface area contributed by atoms with Gasteiger partial charge in [0.1, 0.15) is 5.82 Å². The molecular formula is C14H18N2O. The van der Waals surface area contributed by atoms with E-state index in [1.54, 1.807) is 0 Å². The summed E-state index contributed by atoms with van der Waals surface area (Å²) in [6.45, 7) is 4.21. The molecule has 0 aliphatic heterocycles.